The van der Waals surface area contributed by atoms with E-state index in [2.05, 4.69) is 60.4 Å². The van der Waals surface area contributed by atoms with Crippen LogP contribution in [0.4, 0.5) is 0 Å². The Morgan fingerprint density at radius 2 is 1.71 bits per heavy atom. The smallest absolute Gasteiger partial charge is 0.0173 e. The summed E-state index contributed by atoms with van der Waals surface area (Å²) in [6.45, 7) is 6.10. The van der Waals surface area contributed by atoms with Crippen LogP contribution in [0.25, 0.3) is 0 Å². The summed E-state index contributed by atoms with van der Waals surface area (Å²) in [4.78, 5) is 2.77. The molecule has 3 aliphatic rings. The Labute approximate surface area is 145 Å². The maximum absolute atomic E-state index is 2.77. The minimum atomic E-state index is 0.377. The summed E-state index contributed by atoms with van der Waals surface area (Å²) in [5, 5.41) is 0. The van der Waals surface area contributed by atoms with Crippen molar-refractivity contribution in [3.8, 4) is 0 Å². The summed E-state index contributed by atoms with van der Waals surface area (Å²) < 4.78 is 0. The van der Waals surface area contributed by atoms with Gasteiger partial charge in [-0.15, -0.1) is 0 Å². The molecule has 2 aliphatic carbocycles. The minimum Gasteiger partial charge on any atom is -0.302 e. The molecular weight excluding hydrogens is 290 g/mol. The zero-order valence-electron chi connectivity index (χ0n) is 14.7. The zero-order valence-corrected chi connectivity index (χ0v) is 14.7. The highest BCUT2D eigenvalue weighted by molar-refractivity contribution is 5.58. The highest BCUT2D eigenvalue weighted by Gasteiger charge is 2.57. The number of likely N-dealkylation sites (tertiary alicyclic amines) is 1. The van der Waals surface area contributed by atoms with Crippen molar-refractivity contribution in [3.63, 3.8) is 0 Å². The third kappa shape index (κ3) is 1.91. The van der Waals surface area contributed by atoms with Gasteiger partial charge in [-0.2, -0.15) is 0 Å². The Hall–Kier alpha value is -1.60. The van der Waals surface area contributed by atoms with Crippen LogP contribution >= 0.6 is 0 Å². The third-order valence-electron chi connectivity index (χ3n) is 6.88. The van der Waals surface area contributed by atoms with Crippen LogP contribution in [-0.4, -0.2) is 24.5 Å². The van der Waals surface area contributed by atoms with Crippen molar-refractivity contribution in [2.24, 2.45) is 0 Å². The molecule has 0 aromatic heterocycles. The van der Waals surface area contributed by atoms with E-state index in [4.69, 9.17) is 0 Å². The predicted molar refractivity (Wildman–Crippen MR) is 99.7 cm³/mol. The van der Waals surface area contributed by atoms with E-state index in [0.717, 1.165) is 0 Å². The van der Waals surface area contributed by atoms with Crippen molar-refractivity contribution in [1.82, 2.24) is 4.90 Å². The lowest BCUT2D eigenvalue weighted by Crippen LogP contribution is -2.35. The first-order chi connectivity index (χ1) is 11.8. The van der Waals surface area contributed by atoms with Crippen LogP contribution in [-0.2, 0) is 5.41 Å². The molecule has 1 spiro atoms. The molecule has 124 valence electrons. The standard InChI is InChI=1S/C23H27N/c1-2-3-8-13-24-15-22-18-10-5-4-9-17(18)20-14-23(22,16-24)21-12-7-6-11-19(20)21/h4-7,9-12,20,22H,2-3,8,13-16H2,1H3. The lowest BCUT2D eigenvalue weighted by Gasteiger charge is -2.37. The molecule has 0 amide bonds. The molecule has 5 rings (SSSR count). The van der Waals surface area contributed by atoms with E-state index in [0.29, 0.717) is 17.3 Å². The van der Waals surface area contributed by atoms with E-state index >= 15 is 0 Å². The number of nitrogens with zero attached hydrogens (tertiary/aromatic N) is 1. The first kappa shape index (κ1) is 14.7. The molecule has 1 heterocycles. The highest BCUT2D eigenvalue weighted by Crippen LogP contribution is 2.62. The number of rotatable bonds is 4. The molecule has 24 heavy (non-hydrogen) atoms. The molecule has 3 atom stereocenters. The second-order valence-corrected chi connectivity index (χ2v) is 8.12. The van der Waals surface area contributed by atoms with Gasteiger partial charge in [0.1, 0.15) is 0 Å². The summed E-state index contributed by atoms with van der Waals surface area (Å²) in [7, 11) is 0. The fraction of sp³-hybridized carbons (Fsp3) is 0.478. The van der Waals surface area contributed by atoms with E-state index in [9.17, 15) is 0 Å². The van der Waals surface area contributed by atoms with E-state index in [-0.39, 0.29) is 0 Å². The van der Waals surface area contributed by atoms with E-state index in [1.54, 1.807) is 22.3 Å². The van der Waals surface area contributed by atoms with Gasteiger partial charge in [-0.1, -0.05) is 68.3 Å². The van der Waals surface area contributed by atoms with Crippen LogP contribution in [0.5, 0.6) is 0 Å². The fourth-order valence-corrected chi connectivity index (χ4v) is 5.90. The minimum absolute atomic E-state index is 0.377. The van der Waals surface area contributed by atoms with Crippen molar-refractivity contribution < 1.29 is 0 Å². The van der Waals surface area contributed by atoms with Crippen LogP contribution < -0.4 is 0 Å². The molecule has 1 fully saturated rings. The van der Waals surface area contributed by atoms with E-state index in [1.807, 2.05) is 0 Å². The Morgan fingerprint density at radius 3 is 2.54 bits per heavy atom. The number of hydrogen-bond donors (Lipinski definition) is 0. The second kappa shape index (κ2) is 5.46. The summed E-state index contributed by atoms with van der Waals surface area (Å²) in [6.07, 6.45) is 5.37. The van der Waals surface area contributed by atoms with Gasteiger partial charge in [-0.3, -0.25) is 0 Å². The highest BCUT2D eigenvalue weighted by atomic mass is 15.2. The molecule has 2 bridgehead atoms. The lowest BCUT2D eigenvalue weighted by atomic mass is 9.65. The predicted octanol–water partition coefficient (Wildman–Crippen LogP) is 5.06. The zero-order chi connectivity index (χ0) is 16.1. The van der Waals surface area contributed by atoms with Gasteiger partial charge in [0.25, 0.3) is 0 Å². The van der Waals surface area contributed by atoms with Crippen LogP contribution in [0.15, 0.2) is 48.5 Å². The summed E-state index contributed by atoms with van der Waals surface area (Å²) in [5.74, 6) is 1.32. The van der Waals surface area contributed by atoms with E-state index < -0.39 is 0 Å². The van der Waals surface area contributed by atoms with Crippen molar-refractivity contribution >= 4 is 0 Å². The first-order valence-corrected chi connectivity index (χ1v) is 9.74. The van der Waals surface area contributed by atoms with Crippen LogP contribution in [0, 0.1) is 0 Å². The molecule has 0 N–H and O–H groups in total. The maximum Gasteiger partial charge on any atom is 0.0173 e. The first-order valence-electron chi connectivity index (χ1n) is 9.74. The molecule has 1 nitrogen and oxygen atoms in total. The Balaban J connectivity index is 1.60. The van der Waals surface area contributed by atoms with Crippen LogP contribution in [0.3, 0.4) is 0 Å². The van der Waals surface area contributed by atoms with Gasteiger partial charge in [0.2, 0.25) is 0 Å². The topological polar surface area (TPSA) is 3.24 Å². The van der Waals surface area contributed by atoms with Gasteiger partial charge in [-0.25, -0.2) is 0 Å². The molecule has 2 aromatic rings. The van der Waals surface area contributed by atoms with Crippen molar-refractivity contribution in [3.05, 3.63) is 70.8 Å². The summed E-state index contributed by atoms with van der Waals surface area (Å²) in [5.41, 5.74) is 6.90. The normalized spacial score (nSPS) is 30.0. The number of hydrogen-bond acceptors (Lipinski definition) is 1. The Morgan fingerprint density at radius 1 is 0.958 bits per heavy atom. The lowest BCUT2D eigenvalue weighted by molar-refractivity contribution is 0.298. The molecule has 1 aliphatic heterocycles. The van der Waals surface area contributed by atoms with Gasteiger partial charge in [0.05, 0.1) is 0 Å². The largest absolute Gasteiger partial charge is 0.302 e. The van der Waals surface area contributed by atoms with Gasteiger partial charge >= 0.3 is 0 Å². The van der Waals surface area contributed by atoms with Crippen molar-refractivity contribution in [2.45, 2.75) is 49.9 Å². The molecule has 0 saturated carbocycles. The van der Waals surface area contributed by atoms with Gasteiger partial charge in [0, 0.05) is 30.3 Å². The third-order valence-corrected chi connectivity index (χ3v) is 6.88. The van der Waals surface area contributed by atoms with Crippen molar-refractivity contribution in [1.29, 1.82) is 0 Å². The monoisotopic (exact) mass is 317 g/mol. The summed E-state index contributed by atoms with van der Waals surface area (Å²) in [6, 6.07) is 18.6. The number of fused-ring (bicyclic) bond motifs is 3. The van der Waals surface area contributed by atoms with Gasteiger partial charge in [-0.05, 0) is 41.6 Å². The Kier molecular flexibility index (Phi) is 3.35. The molecular formula is C23H27N. The average molecular weight is 317 g/mol. The molecule has 3 unspecified atom stereocenters. The molecule has 1 heteroatoms. The SMILES string of the molecule is CCCCCN1CC2c3ccccc3C3CC2(C1)c1ccccc13. The molecule has 1 saturated heterocycles. The fourth-order valence-electron chi connectivity index (χ4n) is 5.90. The average Bonchev–Trinajstić information content (AvgIpc) is 3.14. The van der Waals surface area contributed by atoms with Gasteiger partial charge in [0.15, 0.2) is 0 Å². The van der Waals surface area contributed by atoms with Crippen molar-refractivity contribution in [2.75, 3.05) is 19.6 Å². The Bertz CT molecular complexity index is 753. The van der Waals surface area contributed by atoms with Crippen LogP contribution in [0.2, 0.25) is 0 Å². The van der Waals surface area contributed by atoms with Gasteiger partial charge < -0.3 is 4.90 Å². The number of unbranched alkanes of at least 4 members (excludes halogenated alkanes) is 2. The van der Waals surface area contributed by atoms with E-state index in [1.165, 1.54) is 45.3 Å². The molecule has 2 aromatic carbocycles. The quantitative estimate of drug-likeness (QED) is 0.712. The molecule has 0 radical (unpaired) electrons. The maximum atomic E-state index is 2.77. The number of benzene rings is 2. The second-order valence-electron chi connectivity index (χ2n) is 8.12. The van der Waals surface area contributed by atoms with Crippen LogP contribution in [0.1, 0.15) is 66.7 Å². The summed E-state index contributed by atoms with van der Waals surface area (Å²) >= 11 is 0.